The van der Waals surface area contributed by atoms with Gasteiger partial charge in [-0.05, 0) is 87.8 Å². The van der Waals surface area contributed by atoms with E-state index < -0.39 is 6.36 Å². The molecule has 0 bridgehead atoms. The third-order valence-corrected chi connectivity index (χ3v) is 6.55. The quantitative estimate of drug-likeness (QED) is 0.470. The fourth-order valence-electron chi connectivity index (χ4n) is 4.67. The third-order valence-electron chi connectivity index (χ3n) is 6.33. The average molecular weight is 509 g/mol. The molecule has 0 saturated heterocycles. The van der Waals surface area contributed by atoms with Crippen molar-refractivity contribution in [3.05, 3.63) is 35.5 Å². The summed E-state index contributed by atoms with van der Waals surface area (Å²) in [6.45, 7) is 0. The number of nitrogens with one attached hydrogen (secondary N) is 3. The van der Waals surface area contributed by atoms with Crippen molar-refractivity contribution in [2.24, 2.45) is 0 Å². The molecule has 7 nitrogen and oxygen atoms in total. The zero-order chi connectivity index (χ0) is 25.0. The van der Waals surface area contributed by atoms with Gasteiger partial charge in [-0.3, -0.25) is 0 Å². The number of alkyl halides is 3. The lowest BCUT2D eigenvalue weighted by Gasteiger charge is -2.31. The van der Waals surface area contributed by atoms with Crippen molar-refractivity contribution in [1.29, 1.82) is 0 Å². The van der Waals surface area contributed by atoms with Crippen LogP contribution in [0, 0.1) is 0 Å². The van der Waals surface area contributed by atoms with Crippen molar-refractivity contribution in [1.82, 2.24) is 15.3 Å². The van der Waals surface area contributed by atoms with Crippen LogP contribution in [0.2, 0.25) is 0 Å². The monoisotopic (exact) mass is 508 g/mol. The maximum Gasteiger partial charge on any atom is 0.573 e. The zero-order valence-electron chi connectivity index (χ0n) is 19.9. The number of fused-ring (bicyclic) bond motifs is 1. The van der Waals surface area contributed by atoms with Gasteiger partial charge in [-0.1, -0.05) is 0 Å². The molecule has 0 radical (unpaired) electrons. The summed E-state index contributed by atoms with van der Waals surface area (Å²) in [5.41, 5.74) is 3.04. The maximum atomic E-state index is 12.3. The van der Waals surface area contributed by atoms with Gasteiger partial charge in [0, 0.05) is 37.4 Å². The highest BCUT2D eigenvalue weighted by atomic mass is 32.1. The van der Waals surface area contributed by atoms with E-state index in [4.69, 9.17) is 22.2 Å². The molecule has 0 atom stereocenters. The van der Waals surface area contributed by atoms with E-state index in [0.29, 0.717) is 22.8 Å². The molecule has 190 valence electrons. The van der Waals surface area contributed by atoms with Crippen LogP contribution in [-0.4, -0.2) is 47.6 Å². The standard InChI is InChI=1S/C24H31F3N6OS/c1-33(2)21-19-5-3-4-6-20(19)31-22(32-21)28-15-7-9-16(10-8-15)29-23(35)30-17-11-13-18(14-12-17)34-24(25,26)27/h11-16H,3-10H2,1-2H3,(H,28,31,32)(H2,29,30,35). The van der Waals surface area contributed by atoms with Crippen LogP contribution in [0.5, 0.6) is 5.75 Å². The number of thiocarbonyl (C=S) groups is 1. The van der Waals surface area contributed by atoms with Gasteiger partial charge in [-0.25, -0.2) is 4.98 Å². The smallest absolute Gasteiger partial charge is 0.406 e. The molecular formula is C24H31F3N6OS. The van der Waals surface area contributed by atoms with Crippen molar-refractivity contribution >= 4 is 34.8 Å². The summed E-state index contributed by atoms with van der Waals surface area (Å²) in [5, 5.41) is 10.3. The molecule has 1 aromatic carbocycles. The summed E-state index contributed by atoms with van der Waals surface area (Å²) in [7, 11) is 4.05. The molecule has 2 aromatic rings. The van der Waals surface area contributed by atoms with E-state index in [2.05, 4.69) is 25.6 Å². The number of halogens is 3. The van der Waals surface area contributed by atoms with E-state index in [1.165, 1.54) is 48.4 Å². The Morgan fingerprint density at radius 1 is 1.00 bits per heavy atom. The number of ether oxygens (including phenoxy) is 1. The van der Waals surface area contributed by atoms with E-state index in [-0.39, 0.29) is 11.8 Å². The van der Waals surface area contributed by atoms with Crippen LogP contribution in [-0.2, 0) is 12.8 Å². The minimum Gasteiger partial charge on any atom is -0.406 e. The van der Waals surface area contributed by atoms with Crippen LogP contribution in [0.15, 0.2) is 24.3 Å². The first-order valence-electron chi connectivity index (χ1n) is 11.9. The lowest BCUT2D eigenvalue weighted by atomic mass is 9.91. The first kappa shape index (κ1) is 25.3. The molecule has 11 heteroatoms. The lowest BCUT2D eigenvalue weighted by molar-refractivity contribution is -0.274. The van der Waals surface area contributed by atoms with Gasteiger partial charge in [0.1, 0.15) is 11.6 Å². The van der Waals surface area contributed by atoms with Crippen LogP contribution in [0.3, 0.4) is 0 Å². The average Bonchev–Trinajstić information content (AvgIpc) is 2.80. The molecular weight excluding hydrogens is 477 g/mol. The molecule has 1 heterocycles. The first-order chi connectivity index (χ1) is 16.7. The maximum absolute atomic E-state index is 12.3. The lowest BCUT2D eigenvalue weighted by Crippen LogP contribution is -2.42. The van der Waals surface area contributed by atoms with Crippen molar-refractivity contribution < 1.29 is 17.9 Å². The summed E-state index contributed by atoms with van der Waals surface area (Å²) in [6, 6.07) is 6.02. The predicted molar refractivity (Wildman–Crippen MR) is 135 cm³/mol. The van der Waals surface area contributed by atoms with E-state index in [0.717, 1.165) is 44.3 Å². The highest BCUT2D eigenvalue weighted by Crippen LogP contribution is 2.29. The second-order valence-electron chi connectivity index (χ2n) is 9.26. The van der Waals surface area contributed by atoms with E-state index >= 15 is 0 Å². The summed E-state index contributed by atoms with van der Waals surface area (Å²) in [6.07, 6.45) is 3.49. The highest BCUT2D eigenvalue weighted by Gasteiger charge is 2.31. The third kappa shape index (κ3) is 7.09. The number of anilines is 3. The van der Waals surface area contributed by atoms with Crippen molar-refractivity contribution in [2.45, 2.75) is 69.8 Å². The van der Waals surface area contributed by atoms with Crippen LogP contribution in [0.4, 0.5) is 30.6 Å². The van der Waals surface area contributed by atoms with Gasteiger partial charge in [0.15, 0.2) is 5.11 Å². The Labute approximate surface area is 208 Å². The zero-order valence-corrected chi connectivity index (χ0v) is 20.7. The molecule has 4 rings (SSSR count). The van der Waals surface area contributed by atoms with Crippen LogP contribution >= 0.6 is 12.2 Å². The second kappa shape index (κ2) is 10.8. The van der Waals surface area contributed by atoms with Gasteiger partial charge in [-0.2, -0.15) is 4.98 Å². The molecule has 1 saturated carbocycles. The minimum absolute atomic E-state index is 0.225. The number of aromatic nitrogens is 2. The van der Waals surface area contributed by atoms with Gasteiger partial charge in [0.2, 0.25) is 5.95 Å². The van der Waals surface area contributed by atoms with Crippen LogP contribution in [0.25, 0.3) is 0 Å². The Morgan fingerprint density at radius 3 is 2.31 bits per heavy atom. The van der Waals surface area contributed by atoms with Crippen LogP contribution < -0.4 is 25.6 Å². The van der Waals surface area contributed by atoms with Crippen molar-refractivity contribution in [3.63, 3.8) is 0 Å². The van der Waals surface area contributed by atoms with Gasteiger partial charge < -0.3 is 25.6 Å². The fourth-order valence-corrected chi connectivity index (χ4v) is 4.95. The van der Waals surface area contributed by atoms with Gasteiger partial charge in [-0.15, -0.1) is 13.2 Å². The van der Waals surface area contributed by atoms with Gasteiger partial charge in [0.25, 0.3) is 0 Å². The predicted octanol–water partition coefficient (Wildman–Crippen LogP) is 5.03. The SMILES string of the molecule is CN(C)c1nc(NC2CCC(NC(=S)Nc3ccc(OC(F)(F)F)cc3)CC2)nc2c1CCCC2. The molecule has 0 amide bonds. The molecule has 0 spiro atoms. The number of nitrogens with zero attached hydrogens (tertiary/aromatic N) is 3. The molecule has 1 fully saturated rings. The number of aryl methyl sites for hydroxylation is 1. The molecule has 3 N–H and O–H groups in total. The molecule has 1 aromatic heterocycles. The molecule has 2 aliphatic carbocycles. The normalized spacial score (nSPS) is 19.9. The fraction of sp³-hybridized carbons (Fsp3) is 0.542. The first-order valence-corrected chi connectivity index (χ1v) is 12.3. The molecule has 35 heavy (non-hydrogen) atoms. The van der Waals surface area contributed by atoms with E-state index in [1.54, 1.807) is 0 Å². The summed E-state index contributed by atoms with van der Waals surface area (Å²) >= 11 is 5.39. The van der Waals surface area contributed by atoms with Crippen molar-refractivity contribution in [3.8, 4) is 5.75 Å². The van der Waals surface area contributed by atoms with Crippen LogP contribution in [0.1, 0.15) is 49.8 Å². The van der Waals surface area contributed by atoms with Gasteiger partial charge in [0.05, 0.1) is 5.69 Å². The Kier molecular flexibility index (Phi) is 7.83. The van der Waals surface area contributed by atoms with E-state index in [9.17, 15) is 13.2 Å². The number of hydrogen-bond acceptors (Lipinski definition) is 6. The molecule has 0 aliphatic heterocycles. The van der Waals surface area contributed by atoms with E-state index in [1.807, 2.05) is 14.1 Å². The number of rotatable bonds is 6. The topological polar surface area (TPSA) is 74.3 Å². The second-order valence-corrected chi connectivity index (χ2v) is 9.67. The highest BCUT2D eigenvalue weighted by molar-refractivity contribution is 7.80. The summed E-state index contributed by atoms with van der Waals surface area (Å²) in [5.74, 6) is 1.45. The summed E-state index contributed by atoms with van der Waals surface area (Å²) in [4.78, 5) is 11.7. The Hall–Kier alpha value is -2.82. The minimum atomic E-state index is -4.71. The summed E-state index contributed by atoms with van der Waals surface area (Å²) < 4.78 is 40.8. The Bertz CT molecular complexity index is 1020. The Morgan fingerprint density at radius 2 is 1.66 bits per heavy atom. The molecule has 2 aliphatic rings. The number of benzene rings is 1. The number of hydrogen-bond donors (Lipinski definition) is 3. The van der Waals surface area contributed by atoms with Crippen molar-refractivity contribution in [2.75, 3.05) is 29.6 Å². The largest absolute Gasteiger partial charge is 0.573 e. The molecule has 0 unspecified atom stereocenters. The Balaban J connectivity index is 1.25. The van der Waals surface area contributed by atoms with Gasteiger partial charge >= 0.3 is 6.36 Å².